The van der Waals surface area contributed by atoms with Gasteiger partial charge in [-0.1, -0.05) is 24.3 Å². The molecule has 5 heteroatoms. The summed E-state index contributed by atoms with van der Waals surface area (Å²) >= 11 is 0. The molecule has 4 rings (SSSR count). The van der Waals surface area contributed by atoms with Crippen LogP contribution >= 0.6 is 0 Å². The Morgan fingerprint density at radius 2 is 1.84 bits per heavy atom. The van der Waals surface area contributed by atoms with E-state index in [1.807, 2.05) is 41.3 Å². The zero-order valence-corrected chi connectivity index (χ0v) is 13.9. The van der Waals surface area contributed by atoms with E-state index in [9.17, 15) is 9.59 Å². The Labute approximate surface area is 146 Å². The number of fused-ring (bicyclic) bond motifs is 1. The molecule has 5 nitrogen and oxygen atoms in total. The molecule has 0 radical (unpaired) electrons. The minimum absolute atomic E-state index is 0.240. The van der Waals surface area contributed by atoms with Crippen molar-refractivity contribution >= 4 is 17.7 Å². The standard InChI is InChI=1S/C20H20N2O3/c23-19(15-6-7-15)22-11-10-14-8-9-17(12-16(14)13-22)21-20(24)25-18-4-2-1-3-5-18/h1-5,8-9,12,15H,6-7,10-11,13H2,(H,21,24). The molecular formula is C20H20N2O3. The third-order valence-electron chi connectivity index (χ3n) is 4.66. The van der Waals surface area contributed by atoms with Crippen LogP contribution in [-0.4, -0.2) is 23.4 Å². The number of nitrogens with one attached hydrogen (secondary N) is 1. The number of anilines is 1. The van der Waals surface area contributed by atoms with E-state index in [0.29, 0.717) is 18.0 Å². The summed E-state index contributed by atoms with van der Waals surface area (Å²) in [5.41, 5.74) is 3.01. The summed E-state index contributed by atoms with van der Waals surface area (Å²) in [7, 11) is 0. The van der Waals surface area contributed by atoms with Gasteiger partial charge in [0.25, 0.3) is 0 Å². The van der Waals surface area contributed by atoms with Gasteiger partial charge in [0.05, 0.1) is 0 Å². The van der Waals surface area contributed by atoms with Crippen molar-refractivity contribution in [1.29, 1.82) is 0 Å². The molecule has 0 saturated heterocycles. The highest BCUT2D eigenvalue weighted by atomic mass is 16.6. The second kappa shape index (κ2) is 6.59. The smallest absolute Gasteiger partial charge is 0.410 e. The lowest BCUT2D eigenvalue weighted by Gasteiger charge is -2.29. The lowest BCUT2D eigenvalue weighted by molar-refractivity contribution is -0.133. The highest BCUT2D eigenvalue weighted by Gasteiger charge is 2.34. The van der Waals surface area contributed by atoms with Gasteiger partial charge in [-0.2, -0.15) is 0 Å². The van der Waals surface area contributed by atoms with Gasteiger partial charge in [-0.15, -0.1) is 0 Å². The zero-order chi connectivity index (χ0) is 17.2. The molecule has 2 aliphatic rings. The van der Waals surface area contributed by atoms with Crippen LogP contribution in [-0.2, 0) is 17.8 Å². The molecule has 0 unspecified atom stereocenters. The van der Waals surface area contributed by atoms with Crippen molar-refractivity contribution in [3.63, 3.8) is 0 Å². The van der Waals surface area contributed by atoms with Crippen LogP contribution < -0.4 is 10.1 Å². The second-order valence-electron chi connectivity index (χ2n) is 6.60. The van der Waals surface area contributed by atoms with Crippen LogP contribution in [0.5, 0.6) is 5.75 Å². The Kier molecular flexibility index (Phi) is 4.14. The number of nitrogens with zero attached hydrogens (tertiary/aromatic N) is 1. The van der Waals surface area contributed by atoms with Crippen molar-refractivity contribution in [2.24, 2.45) is 5.92 Å². The summed E-state index contributed by atoms with van der Waals surface area (Å²) in [4.78, 5) is 26.2. The number of hydrogen-bond acceptors (Lipinski definition) is 3. The maximum Gasteiger partial charge on any atom is 0.417 e. The maximum absolute atomic E-state index is 12.3. The average Bonchev–Trinajstić information content (AvgIpc) is 3.46. The number of ether oxygens (including phenoxy) is 1. The Balaban J connectivity index is 1.42. The summed E-state index contributed by atoms with van der Waals surface area (Å²) in [5.74, 6) is 1.01. The fourth-order valence-electron chi connectivity index (χ4n) is 3.15. The number of amides is 2. The minimum Gasteiger partial charge on any atom is -0.410 e. The average molecular weight is 336 g/mol. The molecule has 1 saturated carbocycles. The molecule has 0 bridgehead atoms. The monoisotopic (exact) mass is 336 g/mol. The third-order valence-corrected chi connectivity index (χ3v) is 4.66. The van der Waals surface area contributed by atoms with Gasteiger partial charge in [-0.25, -0.2) is 4.79 Å². The molecule has 1 N–H and O–H groups in total. The van der Waals surface area contributed by atoms with E-state index >= 15 is 0 Å². The van der Waals surface area contributed by atoms with Crippen molar-refractivity contribution in [2.75, 3.05) is 11.9 Å². The Morgan fingerprint density at radius 1 is 1.04 bits per heavy atom. The molecule has 128 valence electrons. The number of carbonyl (C=O) groups is 2. The molecule has 0 atom stereocenters. The first-order valence-corrected chi connectivity index (χ1v) is 8.63. The van der Waals surface area contributed by atoms with Crippen LogP contribution in [0.2, 0.25) is 0 Å². The van der Waals surface area contributed by atoms with E-state index in [-0.39, 0.29) is 11.8 Å². The molecule has 2 aromatic rings. The Hall–Kier alpha value is -2.82. The lowest BCUT2D eigenvalue weighted by Crippen LogP contribution is -2.36. The van der Waals surface area contributed by atoms with Crippen molar-refractivity contribution in [3.8, 4) is 5.75 Å². The van der Waals surface area contributed by atoms with E-state index in [2.05, 4.69) is 5.32 Å². The first-order valence-electron chi connectivity index (χ1n) is 8.63. The molecule has 2 aromatic carbocycles. The van der Waals surface area contributed by atoms with E-state index in [1.54, 1.807) is 12.1 Å². The normalized spacial score (nSPS) is 16.1. The Morgan fingerprint density at radius 3 is 2.60 bits per heavy atom. The molecule has 1 aliphatic carbocycles. The van der Waals surface area contributed by atoms with Crippen LogP contribution in [0.15, 0.2) is 48.5 Å². The quantitative estimate of drug-likeness (QED) is 0.932. The Bertz CT molecular complexity index is 800. The molecular weight excluding hydrogens is 316 g/mol. The van der Waals surface area contributed by atoms with Gasteiger partial charge in [-0.05, 0) is 54.7 Å². The van der Waals surface area contributed by atoms with Crippen LogP contribution in [0, 0.1) is 5.92 Å². The van der Waals surface area contributed by atoms with E-state index in [4.69, 9.17) is 4.74 Å². The predicted octanol–water partition coefficient (Wildman–Crippen LogP) is 3.59. The molecule has 1 heterocycles. The molecule has 2 amide bonds. The number of para-hydroxylation sites is 1. The van der Waals surface area contributed by atoms with Gasteiger partial charge < -0.3 is 9.64 Å². The van der Waals surface area contributed by atoms with Crippen LogP contribution in [0.1, 0.15) is 24.0 Å². The summed E-state index contributed by atoms with van der Waals surface area (Å²) in [6.45, 7) is 1.40. The maximum atomic E-state index is 12.3. The number of carbonyl (C=O) groups excluding carboxylic acids is 2. The van der Waals surface area contributed by atoms with Crippen molar-refractivity contribution in [1.82, 2.24) is 4.90 Å². The van der Waals surface area contributed by atoms with Gasteiger partial charge >= 0.3 is 6.09 Å². The zero-order valence-electron chi connectivity index (χ0n) is 13.9. The number of hydrogen-bond donors (Lipinski definition) is 1. The fourth-order valence-corrected chi connectivity index (χ4v) is 3.15. The highest BCUT2D eigenvalue weighted by molar-refractivity contribution is 5.86. The summed E-state index contributed by atoms with van der Waals surface area (Å²) in [6, 6.07) is 14.8. The van der Waals surface area contributed by atoms with E-state index < -0.39 is 6.09 Å². The largest absolute Gasteiger partial charge is 0.417 e. The molecule has 0 aromatic heterocycles. The first kappa shape index (κ1) is 15.7. The van der Waals surface area contributed by atoms with Gasteiger partial charge in [-0.3, -0.25) is 10.1 Å². The third kappa shape index (κ3) is 3.65. The number of benzene rings is 2. The summed E-state index contributed by atoms with van der Waals surface area (Å²) in [5, 5.41) is 2.76. The van der Waals surface area contributed by atoms with Crippen LogP contribution in [0.25, 0.3) is 0 Å². The van der Waals surface area contributed by atoms with Gasteiger partial charge in [0, 0.05) is 24.7 Å². The molecule has 1 fully saturated rings. The molecule has 25 heavy (non-hydrogen) atoms. The van der Waals surface area contributed by atoms with Gasteiger partial charge in [0.1, 0.15) is 5.75 Å². The molecule has 1 aliphatic heterocycles. The van der Waals surface area contributed by atoms with E-state index in [0.717, 1.165) is 31.4 Å². The van der Waals surface area contributed by atoms with Gasteiger partial charge in [0.2, 0.25) is 5.91 Å². The SMILES string of the molecule is O=C(Nc1ccc2c(c1)CN(C(=O)C1CC1)CC2)Oc1ccccc1. The van der Waals surface area contributed by atoms with Crippen LogP contribution in [0.4, 0.5) is 10.5 Å². The highest BCUT2D eigenvalue weighted by Crippen LogP contribution is 2.33. The van der Waals surface area contributed by atoms with Gasteiger partial charge in [0.15, 0.2) is 0 Å². The van der Waals surface area contributed by atoms with Crippen molar-refractivity contribution in [3.05, 3.63) is 59.7 Å². The summed E-state index contributed by atoms with van der Waals surface area (Å²) in [6.07, 6.45) is 2.39. The summed E-state index contributed by atoms with van der Waals surface area (Å²) < 4.78 is 5.25. The second-order valence-corrected chi connectivity index (χ2v) is 6.60. The minimum atomic E-state index is -0.520. The van der Waals surface area contributed by atoms with Crippen molar-refractivity contribution in [2.45, 2.75) is 25.8 Å². The van der Waals surface area contributed by atoms with Crippen LogP contribution in [0.3, 0.4) is 0 Å². The molecule has 0 spiro atoms. The van der Waals surface area contributed by atoms with E-state index in [1.165, 1.54) is 5.56 Å². The topological polar surface area (TPSA) is 58.6 Å². The fraction of sp³-hybridized carbons (Fsp3) is 0.300. The van der Waals surface area contributed by atoms with Crippen molar-refractivity contribution < 1.29 is 14.3 Å². The predicted molar refractivity (Wildman–Crippen MR) is 94.4 cm³/mol. The number of rotatable bonds is 3. The lowest BCUT2D eigenvalue weighted by atomic mass is 9.98. The first-order chi connectivity index (χ1) is 12.2.